The molecule has 1 saturated heterocycles. The van der Waals surface area contributed by atoms with E-state index in [1.165, 1.54) is 20.0 Å². The molecular formula is C19H29N3O3. The van der Waals surface area contributed by atoms with E-state index < -0.39 is 6.09 Å². The van der Waals surface area contributed by atoms with Crippen molar-refractivity contribution in [1.29, 1.82) is 0 Å². The number of hydrogen-bond acceptors (Lipinski definition) is 4. The average molecular weight is 347 g/mol. The standard InChI is InChI=1S/C19H29N3O3/c1-25-19(24)20-11-7-10-18(23)22(15-14-21-12-5-6-13-21)16-17-8-3-2-4-9-17/h2-4,8-9H,5-7,10-16H2,1H3,(H,20,24). The topological polar surface area (TPSA) is 61.9 Å². The van der Waals surface area contributed by atoms with Gasteiger partial charge in [-0.15, -0.1) is 0 Å². The third kappa shape index (κ3) is 7.13. The van der Waals surface area contributed by atoms with Gasteiger partial charge in [0.2, 0.25) is 5.91 Å². The van der Waals surface area contributed by atoms with Crippen LogP contribution in [0.2, 0.25) is 0 Å². The summed E-state index contributed by atoms with van der Waals surface area (Å²) in [6.45, 7) is 5.03. The van der Waals surface area contributed by atoms with Crippen LogP contribution in [0.5, 0.6) is 0 Å². The van der Waals surface area contributed by atoms with Crippen LogP contribution in [-0.4, -0.2) is 61.6 Å². The molecule has 6 heteroatoms. The molecule has 2 rings (SSSR count). The van der Waals surface area contributed by atoms with Gasteiger partial charge in [-0.3, -0.25) is 4.79 Å². The van der Waals surface area contributed by atoms with Gasteiger partial charge in [0.1, 0.15) is 0 Å². The molecule has 1 aromatic carbocycles. The highest BCUT2D eigenvalue weighted by Crippen LogP contribution is 2.10. The molecule has 0 atom stereocenters. The third-order valence-electron chi connectivity index (χ3n) is 4.48. The van der Waals surface area contributed by atoms with Crippen LogP contribution in [-0.2, 0) is 16.1 Å². The number of carbonyl (C=O) groups excluding carboxylic acids is 2. The summed E-state index contributed by atoms with van der Waals surface area (Å²) in [5, 5.41) is 2.61. The fourth-order valence-corrected chi connectivity index (χ4v) is 3.02. The number of nitrogens with zero attached hydrogens (tertiary/aromatic N) is 2. The highest BCUT2D eigenvalue weighted by Gasteiger charge is 2.17. The van der Waals surface area contributed by atoms with Gasteiger partial charge in [-0.1, -0.05) is 30.3 Å². The highest BCUT2D eigenvalue weighted by molar-refractivity contribution is 5.76. The molecule has 1 heterocycles. The number of nitrogens with one attached hydrogen (secondary N) is 1. The van der Waals surface area contributed by atoms with Gasteiger partial charge in [0.15, 0.2) is 0 Å². The van der Waals surface area contributed by atoms with E-state index in [1.807, 2.05) is 23.1 Å². The Morgan fingerprint density at radius 2 is 1.92 bits per heavy atom. The SMILES string of the molecule is COC(=O)NCCCC(=O)N(CCN1CCCC1)Cc1ccccc1. The molecule has 0 bridgehead atoms. The molecule has 1 aliphatic heterocycles. The van der Waals surface area contributed by atoms with Crippen molar-refractivity contribution >= 4 is 12.0 Å². The summed E-state index contributed by atoms with van der Waals surface area (Å²) in [4.78, 5) is 28.0. The van der Waals surface area contributed by atoms with Crippen LogP contribution >= 0.6 is 0 Å². The lowest BCUT2D eigenvalue weighted by Crippen LogP contribution is -2.37. The van der Waals surface area contributed by atoms with Crippen molar-refractivity contribution in [3.63, 3.8) is 0 Å². The van der Waals surface area contributed by atoms with Crippen molar-refractivity contribution in [2.24, 2.45) is 0 Å². The maximum Gasteiger partial charge on any atom is 0.406 e. The molecule has 138 valence electrons. The van der Waals surface area contributed by atoms with Crippen LogP contribution in [0.3, 0.4) is 0 Å². The normalized spacial score (nSPS) is 14.3. The Morgan fingerprint density at radius 1 is 1.20 bits per heavy atom. The number of alkyl carbamates (subject to hydrolysis) is 1. The van der Waals surface area contributed by atoms with E-state index in [9.17, 15) is 9.59 Å². The van der Waals surface area contributed by atoms with Crippen molar-refractivity contribution in [2.75, 3.05) is 39.8 Å². The first kappa shape index (κ1) is 19.2. The predicted molar refractivity (Wildman–Crippen MR) is 97.2 cm³/mol. The van der Waals surface area contributed by atoms with Crippen molar-refractivity contribution in [1.82, 2.24) is 15.1 Å². The number of hydrogen-bond donors (Lipinski definition) is 1. The van der Waals surface area contributed by atoms with Crippen LogP contribution in [0, 0.1) is 0 Å². The molecule has 1 aliphatic rings. The van der Waals surface area contributed by atoms with Gasteiger partial charge in [0.05, 0.1) is 7.11 Å². The van der Waals surface area contributed by atoms with Gasteiger partial charge in [0.25, 0.3) is 0 Å². The van der Waals surface area contributed by atoms with E-state index in [0.29, 0.717) is 25.9 Å². The smallest absolute Gasteiger partial charge is 0.406 e. The van der Waals surface area contributed by atoms with Crippen LogP contribution < -0.4 is 5.32 Å². The first-order chi connectivity index (χ1) is 12.2. The largest absolute Gasteiger partial charge is 0.453 e. The zero-order chi connectivity index (χ0) is 17.9. The first-order valence-corrected chi connectivity index (χ1v) is 9.05. The van der Waals surface area contributed by atoms with E-state index in [1.54, 1.807) is 0 Å². The number of amides is 2. The first-order valence-electron chi connectivity index (χ1n) is 9.05. The van der Waals surface area contributed by atoms with Crippen LogP contribution in [0.15, 0.2) is 30.3 Å². The summed E-state index contributed by atoms with van der Waals surface area (Å²) in [6, 6.07) is 10.1. The van der Waals surface area contributed by atoms with E-state index >= 15 is 0 Å². The quantitative estimate of drug-likeness (QED) is 0.696. The van der Waals surface area contributed by atoms with E-state index in [2.05, 4.69) is 27.1 Å². The maximum absolute atomic E-state index is 12.6. The lowest BCUT2D eigenvalue weighted by atomic mass is 10.2. The molecule has 6 nitrogen and oxygen atoms in total. The molecule has 0 spiro atoms. The Hall–Kier alpha value is -2.08. The Bertz CT molecular complexity index is 530. The number of methoxy groups -OCH3 is 1. The number of rotatable bonds is 9. The number of ether oxygens (including phenoxy) is 1. The second-order valence-corrected chi connectivity index (χ2v) is 6.37. The van der Waals surface area contributed by atoms with Gasteiger partial charge in [-0.05, 0) is 37.9 Å². The predicted octanol–water partition coefficient (Wildman–Crippen LogP) is 2.25. The van der Waals surface area contributed by atoms with Crippen molar-refractivity contribution in [3.8, 4) is 0 Å². The van der Waals surface area contributed by atoms with Crippen LogP contribution in [0.25, 0.3) is 0 Å². The number of carbonyl (C=O) groups is 2. The van der Waals surface area contributed by atoms with E-state index in [0.717, 1.165) is 31.7 Å². The minimum atomic E-state index is -0.456. The monoisotopic (exact) mass is 347 g/mol. The molecule has 0 radical (unpaired) electrons. The Labute approximate surface area is 150 Å². The van der Waals surface area contributed by atoms with Gasteiger partial charge < -0.3 is 19.9 Å². The number of likely N-dealkylation sites (tertiary alicyclic amines) is 1. The molecular weight excluding hydrogens is 318 g/mol. The summed E-state index contributed by atoms with van der Waals surface area (Å²) in [5.41, 5.74) is 1.14. The number of benzene rings is 1. The molecule has 25 heavy (non-hydrogen) atoms. The summed E-state index contributed by atoms with van der Waals surface area (Å²) in [6.07, 6.45) is 3.10. The van der Waals surface area contributed by atoms with Crippen LogP contribution in [0.1, 0.15) is 31.2 Å². The summed E-state index contributed by atoms with van der Waals surface area (Å²) < 4.78 is 4.53. The molecule has 0 saturated carbocycles. The van der Waals surface area contributed by atoms with Crippen molar-refractivity contribution in [2.45, 2.75) is 32.2 Å². The summed E-state index contributed by atoms with van der Waals surface area (Å²) in [7, 11) is 1.33. The fraction of sp³-hybridized carbons (Fsp3) is 0.579. The molecule has 1 aromatic rings. The lowest BCUT2D eigenvalue weighted by molar-refractivity contribution is -0.132. The van der Waals surface area contributed by atoms with Gasteiger partial charge >= 0.3 is 6.09 Å². The molecule has 1 N–H and O–H groups in total. The van der Waals surface area contributed by atoms with E-state index in [-0.39, 0.29) is 5.91 Å². The highest BCUT2D eigenvalue weighted by atomic mass is 16.5. The molecule has 0 aromatic heterocycles. The van der Waals surface area contributed by atoms with Gasteiger partial charge in [0, 0.05) is 32.6 Å². The molecule has 0 aliphatic carbocycles. The zero-order valence-electron chi connectivity index (χ0n) is 15.1. The van der Waals surface area contributed by atoms with Crippen molar-refractivity contribution in [3.05, 3.63) is 35.9 Å². The third-order valence-corrected chi connectivity index (χ3v) is 4.48. The minimum absolute atomic E-state index is 0.134. The summed E-state index contributed by atoms with van der Waals surface area (Å²) in [5.74, 6) is 0.134. The van der Waals surface area contributed by atoms with Crippen molar-refractivity contribution < 1.29 is 14.3 Å². The zero-order valence-corrected chi connectivity index (χ0v) is 15.1. The minimum Gasteiger partial charge on any atom is -0.453 e. The molecule has 0 unspecified atom stereocenters. The summed E-state index contributed by atoms with van der Waals surface area (Å²) >= 11 is 0. The Balaban J connectivity index is 1.83. The average Bonchev–Trinajstić information content (AvgIpc) is 3.16. The van der Waals surface area contributed by atoms with Gasteiger partial charge in [-0.2, -0.15) is 0 Å². The Morgan fingerprint density at radius 3 is 2.60 bits per heavy atom. The van der Waals surface area contributed by atoms with Gasteiger partial charge in [-0.25, -0.2) is 4.79 Å². The fourth-order valence-electron chi connectivity index (χ4n) is 3.02. The second kappa shape index (κ2) is 10.7. The second-order valence-electron chi connectivity index (χ2n) is 6.37. The lowest BCUT2D eigenvalue weighted by Gasteiger charge is -2.26. The molecule has 2 amide bonds. The van der Waals surface area contributed by atoms with E-state index in [4.69, 9.17) is 0 Å². The maximum atomic E-state index is 12.6. The molecule has 1 fully saturated rings. The van der Waals surface area contributed by atoms with Crippen LogP contribution in [0.4, 0.5) is 4.79 Å². The Kier molecular flexibility index (Phi) is 8.25.